The minimum atomic E-state index is -4.26. The molecule has 1 rings (SSSR count). The minimum Gasteiger partial charge on any atom is -0.739 e. The third-order valence-electron chi connectivity index (χ3n) is 1.55. The molecule has 15 heavy (non-hydrogen) atoms. The van der Waals surface area contributed by atoms with Gasteiger partial charge in [0.15, 0.2) is 9.15 Å². The van der Waals surface area contributed by atoms with Crippen molar-refractivity contribution in [2.45, 2.75) is 4.90 Å². The van der Waals surface area contributed by atoms with Crippen LogP contribution >= 0.6 is 10.8 Å². The van der Waals surface area contributed by atoms with Crippen LogP contribution in [0.4, 0.5) is 5.69 Å². The SMILES string of the molecule is CN(C)c1ccc(SS(=O)(=O)[O-])cc1.[Na+]. The molecule has 0 aliphatic carbocycles. The van der Waals surface area contributed by atoms with Crippen LogP contribution in [0.1, 0.15) is 0 Å². The van der Waals surface area contributed by atoms with Crippen LogP contribution in [0, 0.1) is 0 Å². The summed E-state index contributed by atoms with van der Waals surface area (Å²) in [5.41, 5.74) is 0.956. The Bertz CT molecular complexity index is 402. The molecule has 0 heterocycles. The summed E-state index contributed by atoms with van der Waals surface area (Å²) in [6.45, 7) is 0. The van der Waals surface area contributed by atoms with E-state index in [0.717, 1.165) is 5.69 Å². The van der Waals surface area contributed by atoms with Crippen LogP contribution in [0.2, 0.25) is 0 Å². The summed E-state index contributed by atoms with van der Waals surface area (Å²) >= 11 is 0. The molecule has 0 spiro atoms. The van der Waals surface area contributed by atoms with Crippen molar-refractivity contribution >= 4 is 25.6 Å². The van der Waals surface area contributed by atoms with E-state index in [1.807, 2.05) is 19.0 Å². The van der Waals surface area contributed by atoms with Gasteiger partial charge in [0.25, 0.3) is 0 Å². The van der Waals surface area contributed by atoms with E-state index in [2.05, 4.69) is 0 Å². The van der Waals surface area contributed by atoms with E-state index < -0.39 is 9.15 Å². The normalized spacial score (nSPS) is 10.6. The monoisotopic (exact) mass is 255 g/mol. The summed E-state index contributed by atoms with van der Waals surface area (Å²) in [5.74, 6) is 0. The zero-order chi connectivity index (χ0) is 10.8. The van der Waals surface area contributed by atoms with Crippen LogP contribution in [-0.4, -0.2) is 27.1 Å². The van der Waals surface area contributed by atoms with E-state index in [1.54, 1.807) is 24.3 Å². The van der Waals surface area contributed by atoms with Crippen molar-refractivity contribution in [3.63, 3.8) is 0 Å². The summed E-state index contributed by atoms with van der Waals surface area (Å²) < 4.78 is 31.2. The molecule has 0 bridgehead atoms. The molecule has 0 aliphatic rings. The van der Waals surface area contributed by atoms with E-state index in [9.17, 15) is 13.0 Å². The molecule has 1 aromatic carbocycles. The van der Waals surface area contributed by atoms with Crippen LogP contribution in [0.3, 0.4) is 0 Å². The third kappa shape index (κ3) is 5.79. The van der Waals surface area contributed by atoms with E-state index in [1.165, 1.54) is 0 Å². The second-order valence-corrected chi connectivity index (χ2v) is 6.06. The van der Waals surface area contributed by atoms with Crippen LogP contribution in [0.5, 0.6) is 0 Å². The Hall–Kier alpha value is 0.280. The van der Waals surface area contributed by atoms with Gasteiger partial charge in [0.1, 0.15) is 0 Å². The third-order valence-corrected chi connectivity index (χ3v) is 3.41. The van der Waals surface area contributed by atoms with Crippen molar-refractivity contribution in [1.82, 2.24) is 0 Å². The molecule has 0 saturated carbocycles. The van der Waals surface area contributed by atoms with Gasteiger partial charge in [-0.1, -0.05) is 0 Å². The van der Waals surface area contributed by atoms with Gasteiger partial charge in [-0.2, -0.15) is 0 Å². The molecule has 0 fully saturated rings. The van der Waals surface area contributed by atoms with Gasteiger partial charge in [0.05, 0.1) is 0 Å². The molecular weight excluding hydrogens is 245 g/mol. The topological polar surface area (TPSA) is 60.4 Å². The van der Waals surface area contributed by atoms with Gasteiger partial charge in [0.2, 0.25) is 0 Å². The quantitative estimate of drug-likeness (QED) is 0.366. The summed E-state index contributed by atoms with van der Waals surface area (Å²) in [4.78, 5) is 2.32. The molecule has 0 unspecified atom stereocenters. The fraction of sp³-hybridized carbons (Fsp3) is 0.250. The van der Waals surface area contributed by atoms with Crippen molar-refractivity contribution in [1.29, 1.82) is 0 Å². The Labute approximate surface area is 115 Å². The Morgan fingerprint density at radius 2 is 1.67 bits per heavy atom. The maximum Gasteiger partial charge on any atom is 1.00 e. The molecule has 1 aromatic rings. The first-order chi connectivity index (χ1) is 6.38. The molecule has 0 aromatic heterocycles. The Kier molecular flexibility index (Phi) is 6.24. The minimum absolute atomic E-state index is 0. The number of benzene rings is 1. The van der Waals surface area contributed by atoms with Crippen LogP contribution in [-0.2, 0) is 9.15 Å². The van der Waals surface area contributed by atoms with Crippen molar-refractivity contribution in [2.24, 2.45) is 0 Å². The van der Waals surface area contributed by atoms with Gasteiger partial charge in [-0.05, 0) is 35.1 Å². The average molecular weight is 255 g/mol. The second-order valence-electron chi connectivity index (χ2n) is 2.88. The zero-order valence-electron chi connectivity index (χ0n) is 8.80. The predicted molar refractivity (Wildman–Crippen MR) is 56.3 cm³/mol. The number of hydrogen-bond donors (Lipinski definition) is 0. The number of hydrogen-bond acceptors (Lipinski definition) is 5. The first kappa shape index (κ1) is 15.3. The summed E-state index contributed by atoms with van der Waals surface area (Å²) in [6.07, 6.45) is 0. The van der Waals surface area contributed by atoms with Crippen molar-refractivity contribution < 1.29 is 42.5 Å². The predicted octanol–water partition coefficient (Wildman–Crippen LogP) is -1.69. The fourth-order valence-electron chi connectivity index (χ4n) is 0.918. The van der Waals surface area contributed by atoms with Gasteiger partial charge >= 0.3 is 29.6 Å². The second kappa shape index (κ2) is 6.12. The first-order valence-corrected chi connectivity index (χ1v) is 6.55. The van der Waals surface area contributed by atoms with Crippen molar-refractivity contribution in [2.75, 3.05) is 19.0 Å². The number of anilines is 1. The van der Waals surface area contributed by atoms with Crippen LogP contribution < -0.4 is 34.5 Å². The first-order valence-electron chi connectivity index (χ1n) is 3.81. The van der Waals surface area contributed by atoms with Gasteiger partial charge in [-0.3, -0.25) is 0 Å². The maximum atomic E-state index is 10.4. The van der Waals surface area contributed by atoms with Gasteiger partial charge < -0.3 is 9.45 Å². The molecule has 0 saturated heterocycles. The fourth-order valence-corrected chi connectivity index (χ4v) is 2.44. The summed E-state index contributed by atoms with van der Waals surface area (Å²) in [7, 11) is -0.175. The van der Waals surface area contributed by atoms with Crippen molar-refractivity contribution in [3.05, 3.63) is 24.3 Å². The van der Waals surface area contributed by atoms with E-state index in [-0.39, 0.29) is 29.6 Å². The maximum absolute atomic E-state index is 10.4. The Morgan fingerprint density at radius 1 is 1.20 bits per heavy atom. The van der Waals surface area contributed by atoms with Crippen LogP contribution in [0.25, 0.3) is 0 Å². The standard InChI is InChI=1S/C8H11NO3S2.Na/c1-9(2)7-3-5-8(6-4-7)13-14(10,11)12;/h3-6H,1-2H3,(H,10,11,12);/q;+1/p-1. The molecule has 78 valence electrons. The molecule has 0 radical (unpaired) electrons. The summed E-state index contributed by atoms with van der Waals surface area (Å²) in [5, 5.41) is 0. The van der Waals surface area contributed by atoms with E-state index in [4.69, 9.17) is 0 Å². The summed E-state index contributed by atoms with van der Waals surface area (Å²) in [6, 6.07) is 6.73. The molecule has 0 atom stereocenters. The smallest absolute Gasteiger partial charge is 0.739 e. The molecule has 4 nitrogen and oxygen atoms in total. The van der Waals surface area contributed by atoms with Crippen molar-refractivity contribution in [3.8, 4) is 0 Å². The van der Waals surface area contributed by atoms with Gasteiger partial charge in [-0.15, -0.1) is 0 Å². The van der Waals surface area contributed by atoms with Gasteiger partial charge in [0, 0.05) is 24.7 Å². The van der Waals surface area contributed by atoms with E-state index in [0.29, 0.717) is 15.7 Å². The zero-order valence-corrected chi connectivity index (χ0v) is 12.4. The molecule has 0 aliphatic heterocycles. The van der Waals surface area contributed by atoms with Gasteiger partial charge in [-0.25, -0.2) is 8.42 Å². The largest absolute Gasteiger partial charge is 1.00 e. The average Bonchev–Trinajstić information content (AvgIpc) is 2.02. The Morgan fingerprint density at radius 3 is 2.00 bits per heavy atom. The molecular formula is C8H10NNaO3S2. The van der Waals surface area contributed by atoms with E-state index >= 15 is 0 Å². The number of rotatable bonds is 3. The van der Waals surface area contributed by atoms with Crippen LogP contribution in [0.15, 0.2) is 29.2 Å². The molecule has 0 amide bonds. The number of nitrogens with zero attached hydrogens (tertiary/aromatic N) is 1. The molecule has 0 N–H and O–H groups in total. The Balaban J connectivity index is 0.00000196. The molecule has 7 heteroatoms.